The minimum Gasteiger partial charge on any atom is -0.484 e. The third-order valence-electron chi connectivity index (χ3n) is 3.17. The first kappa shape index (κ1) is 17.0. The number of anilines is 2. The molecule has 5 nitrogen and oxygen atoms in total. The fraction of sp³-hybridized carbons (Fsp3) is 0.176. The van der Waals surface area contributed by atoms with Gasteiger partial charge >= 0.3 is 0 Å². The number of carbonyl (C=O) groups is 2. The van der Waals surface area contributed by atoms with Crippen molar-refractivity contribution in [2.24, 2.45) is 0 Å². The minimum atomic E-state index is -0.268. The summed E-state index contributed by atoms with van der Waals surface area (Å²) < 4.78 is 6.36. The Balaban J connectivity index is 1.93. The predicted octanol–water partition coefficient (Wildman–Crippen LogP) is 3.45. The molecule has 0 aliphatic rings. The van der Waals surface area contributed by atoms with Crippen molar-refractivity contribution in [3.8, 4) is 5.75 Å². The largest absolute Gasteiger partial charge is 0.484 e. The standard InChI is InChI=1S/C17H17BrN2O3/c1-12(21)20(2)15-5-3-4-14(10-15)19-17(22)11-23-16-8-6-13(18)7-9-16/h3-10H,11H2,1-2H3,(H,19,22). The highest BCUT2D eigenvalue weighted by atomic mass is 79.9. The van der Waals surface area contributed by atoms with Crippen LogP contribution in [0.5, 0.6) is 5.75 Å². The molecule has 2 aromatic rings. The van der Waals surface area contributed by atoms with Gasteiger partial charge in [-0.3, -0.25) is 9.59 Å². The lowest BCUT2D eigenvalue weighted by Crippen LogP contribution is -2.23. The van der Waals surface area contributed by atoms with Crippen LogP contribution >= 0.6 is 15.9 Å². The average molecular weight is 377 g/mol. The molecule has 0 bridgehead atoms. The zero-order valence-corrected chi connectivity index (χ0v) is 14.5. The molecule has 0 aromatic heterocycles. The van der Waals surface area contributed by atoms with Crippen molar-refractivity contribution in [3.05, 3.63) is 53.0 Å². The van der Waals surface area contributed by atoms with Crippen molar-refractivity contribution in [1.29, 1.82) is 0 Å². The fourth-order valence-corrected chi connectivity index (χ4v) is 2.12. The minimum absolute atomic E-state index is 0.0768. The summed E-state index contributed by atoms with van der Waals surface area (Å²) in [5.74, 6) is 0.274. The molecule has 2 aromatic carbocycles. The van der Waals surface area contributed by atoms with E-state index in [1.807, 2.05) is 12.1 Å². The number of amides is 2. The maximum Gasteiger partial charge on any atom is 0.262 e. The lowest BCUT2D eigenvalue weighted by atomic mass is 10.2. The Bertz CT molecular complexity index is 701. The number of nitrogens with zero attached hydrogens (tertiary/aromatic N) is 1. The van der Waals surface area contributed by atoms with E-state index in [0.717, 1.165) is 4.47 Å². The molecule has 0 saturated carbocycles. The van der Waals surface area contributed by atoms with Crippen LogP contribution in [0.3, 0.4) is 0 Å². The zero-order valence-electron chi connectivity index (χ0n) is 12.9. The highest BCUT2D eigenvalue weighted by Gasteiger charge is 2.08. The van der Waals surface area contributed by atoms with Gasteiger partial charge in [0.1, 0.15) is 5.75 Å². The Morgan fingerprint density at radius 1 is 1.17 bits per heavy atom. The number of nitrogens with one attached hydrogen (secondary N) is 1. The van der Waals surface area contributed by atoms with E-state index in [1.165, 1.54) is 11.8 Å². The number of ether oxygens (including phenoxy) is 1. The first-order valence-electron chi connectivity index (χ1n) is 6.98. The monoisotopic (exact) mass is 376 g/mol. The van der Waals surface area contributed by atoms with Crippen LogP contribution in [0.15, 0.2) is 53.0 Å². The summed E-state index contributed by atoms with van der Waals surface area (Å²) in [5.41, 5.74) is 1.32. The molecular formula is C17H17BrN2O3. The molecule has 0 aliphatic heterocycles. The van der Waals surface area contributed by atoms with E-state index < -0.39 is 0 Å². The molecule has 0 spiro atoms. The Labute approximate surface area is 143 Å². The van der Waals surface area contributed by atoms with Gasteiger partial charge in [0.05, 0.1) is 0 Å². The van der Waals surface area contributed by atoms with Gasteiger partial charge < -0.3 is 15.0 Å². The molecular weight excluding hydrogens is 360 g/mol. The molecule has 23 heavy (non-hydrogen) atoms. The van der Waals surface area contributed by atoms with Crippen LogP contribution in [0, 0.1) is 0 Å². The first-order chi connectivity index (χ1) is 11.0. The molecule has 120 valence electrons. The Morgan fingerprint density at radius 3 is 2.52 bits per heavy atom. The number of rotatable bonds is 5. The summed E-state index contributed by atoms with van der Waals surface area (Å²) in [6, 6.07) is 14.3. The highest BCUT2D eigenvalue weighted by molar-refractivity contribution is 9.10. The van der Waals surface area contributed by atoms with E-state index in [2.05, 4.69) is 21.2 Å². The summed E-state index contributed by atoms with van der Waals surface area (Å²) >= 11 is 3.34. The van der Waals surface area contributed by atoms with E-state index in [9.17, 15) is 9.59 Å². The van der Waals surface area contributed by atoms with Crippen LogP contribution in [0.1, 0.15) is 6.92 Å². The van der Waals surface area contributed by atoms with Gasteiger partial charge in [0.2, 0.25) is 5.91 Å². The average Bonchev–Trinajstić information content (AvgIpc) is 2.53. The van der Waals surface area contributed by atoms with Crippen molar-refractivity contribution in [2.75, 3.05) is 23.9 Å². The van der Waals surface area contributed by atoms with Gasteiger partial charge in [0, 0.05) is 29.8 Å². The van der Waals surface area contributed by atoms with Crippen LogP contribution in [0.4, 0.5) is 11.4 Å². The third kappa shape index (κ3) is 5.10. The van der Waals surface area contributed by atoms with Gasteiger partial charge in [-0.15, -0.1) is 0 Å². The van der Waals surface area contributed by atoms with Crippen LogP contribution in [0.25, 0.3) is 0 Å². The van der Waals surface area contributed by atoms with Gasteiger partial charge in [-0.25, -0.2) is 0 Å². The van der Waals surface area contributed by atoms with Crippen LogP contribution < -0.4 is 15.0 Å². The lowest BCUT2D eigenvalue weighted by molar-refractivity contribution is -0.118. The molecule has 0 fully saturated rings. The molecule has 2 rings (SSSR count). The lowest BCUT2D eigenvalue weighted by Gasteiger charge is -2.16. The molecule has 0 unspecified atom stereocenters. The number of halogens is 1. The molecule has 0 saturated heterocycles. The predicted molar refractivity (Wildman–Crippen MR) is 93.8 cm³/mol. The maximum absolute atomic E-state index is 11.9. The van der Waals surface area contributed by atoms with Gasteiger partial charge in [-0.1, -0.05) is 22.0 Å². The van der Waals surface area contributed by atoms with E-state index in [0.29, 0.717) is 17.1 Å². The number of hydrogen-bond donors (Lipinski definition) is 1. The summed E-state index contributed by atoms with van der Waals surface area (Å²) in [4.78, 5) is 24.8. The van der Waals surface area contributed by atoms with E-state index in [-0.39, 0.29) is 18.4 Å². The molecule has 6 heteroatoms. The topological polar surface area (TPSA) is 58.6 Å². The summed E-state index contributed by atoms with van der Waals surface area (Å²) in [7, 11) is 1.68. The number of hydrogen-bond acceptors (Lipinski definition) is 3. The van der Waals surface area contributed by atoms with Crippen molar-refractivity contribution >= 4 is 39.1 Å². The van der Waals surface area contributed by atoms with Gasteiger partial charge in [0.15, 0.2) is 6.61 Å². The molecule has 0 radical (unpaired) electrons. The van der Waals surface area contributed by atoms with Crippen molar-refractivity contribution in [1.82, 2.24) is 0 Å². The fourth-order valence-electron chi connectivity index (χ4n) is 1.85. The van der Waals surface area contributed by atoms with Crippen LogP contribution in [-0.4, -0.2) is 25.5 Å². The Morgan fingerprint density at radius 2 is 1.87 bits per heavy atom. The molecule has 0 aliphatic carbocycles. The quantitative estimate of drug-likeness (QED) is 0.869. The normalized spacial score (nSPS) is 10.0. The van der Waals surface area contributed by atoms with E-state index in [1.54, 1.807) is 43.4 Å². The molecule has 2 amide bonds. The molecule has 0 atom stereocenters. The van der Waals surface area contributed by atoms with Gasteiger partial charge in [-0.05, 0) is 42.5 Å². The molecule has 1 N–H and O–H groups in total. The second-order valence-electron chi connectivity index (χ2n) is 4.92. The summed E-state index contributed by atoms with van der Waals surface area (Å²) in [6.45, 7) is 1.39. The van der Waals surface area contributed by atoms with Gasteiger partial charge in [-0.2, -0.15) is 0 Å². The van der Waals surface area contributed by atoms with Crippen LogP contribution in [0.2, 0.25) is 0 Å². The van der Waals surface area contributed by atoms with Crippen molar-refractivity contribution in [2.45, 2.75) is 6.92 Å². The number of carbonyl (C=O) groups excluding carboxylic acids is 2. The Kier molecular flexibility index (Phi) is 5.76. The SMILES string of the molecule is CC(=O)N(C)c1cccc(NC(=O)COc2ccc(Br)cc2)c1. The smallest absolute Gasteiger partial charge is 0.262 e. The maximum atomic E-state index is 11.9. The van der Waals surface area contributed by atoms with Crippen LogP contribution in [-0.2, 0) is 9.59 Å². The van der Waals surface area contributed by atoms with Gasteiger partial charge in [0.25, 0.3) is 5.91 Å². The van der Waals surface area contributed by atoms with Crippen molar-refractivity contribution in [3.63, 3.8) is 0 Å². The highest BCUT2D eigenvalue weighted by Crippen LogP contribution is 2.19. The van der Waals surface area contributed by atoms with E-state index in [4.69, 9.17) is 4.74 Å². The summed E-state index contributed by atoms with van der Waals surface area (Å²) in [5, 5.41) is 2.75. The summed E-state index contributed by atoms with van der Waals surface area (Å²) in [6.07, 6.45) is 0. The zero-order chi connectivity index (χ0) is 16.8. The third-order valence-corrected chi connectivity index (χ3v) is 3.70. The first-order valence-corrected chi connectivity index (χ1v) is 7.77. The molecule has 0 heterocycles. The van der Waals surface area contributed by atoms with E-state index >= 15 is 0 Å². The number of benzene rings is 2. The second kappa shape index (κ2) is 7.78. The second-order valence-corrected chi connectivity index (χ2v) is 5.83. The van der Waals surface area contributed by atoms with Crippen molar-refractivity contribution < 1.29 is 14.3 Å². The Hall–Kier alpha value is -2.34.